The Bertz CT molecular complexity index is 1170. The average Bonchev–Trinajstić information content (AvgIpc) is 2.75. The molecule has 0 aliphatic carbocycles. The van der Waals surface area contributed by atoms with Crippen molar-refractivity contribution in [1.82, 2.24) is 9.97 Å². The molecule has 1 aliphatic rings. The molecule has 1 fully saturated rings. The van der Waals surface area contributed by atoms with E-state index < -0.39 is 10.0 Å². The van der Waals surface area contributed by atoms with Crippen LogP contribution in [0.15, 0.2) is 59.5 Å². The fourth-order valence-corrected chi connectivity index (χ4v) is 4.79. The summed E-state index contributed by atoms with van der Waals surface area (Å²) >= 11 is 6.02. The number of hydrogen-bond donors (Lipinski definition) is 2. The van der Waals surface area contributed by atoms with E-state index in [1.54, 1.807) is 36.4 Å². The number of hydrogen-bond acceptors (Lipinski definition) is 7. The smallest absolute Gasteiger partial charge is 0.263 e. The first-order chi connectivity index (χ1) is 14.9. The van der Waals surface area contributed by atoms with Crippen LogP contribution < -0.4 is 14.9 Å². The van der Waals surface area contributed by atoms with E-state index >= 15 is 0 Å². The van der Waals surface area contributed by atoms with Crippen LogP contribution in [0.5, 0.6) is 0 Å². The van der Waals surface area contributed by atoms with Crippen molar-refractivity contribution in [2.75, 3.05) is 41.2 Å². The zero-order valence-corrected chi connectivity index (χ0v) is 18.4. The van der Waals surface area contributed by atoms with Crippen LogP contribution in [0.3, 0.4) is 0 Å². The Morgan fingerprint density at radius 2 is 1.68 bits per heavy atom. The molecule has 0 unspecified atom stereocenters. The fourth-order valence-electron chi connectivity index (χ4n) is 3.21. The van der Waals surface area contributed by atoms with E-state index in [1.165, 1.54) is 12.1 Å². The molecule has 2 heterocycles. The molecule has 1 aromatic heterocycles. The number of halogens is 1. The van der Waals surface area contributed by atoms with Crippen molar-refractivity contribution in [2.45, 2.75) is 11.8 Å². The molecule has 8 nitrogen and oxygen atoms in total. The molecule has 4 rings (SSSR count). The Hall–Kier alpha value is -2.88. The van der Waals surface area contributed by atoms with Gasteiger partial charge in [-0.05, 0) is 43.3 Å². The predicted octanol–water partition coefficient (Wildman–Crippen LogP) is 3.82. The number of nitrogens with zero attached hydrogens (tertiary/aromatic N) is 3. The highest BCUT2D eigenvalue weighted by molar-refractivity contribution is 7.92. The highest BCUT2D eigenvalue weighted by Crippen LogP contribution is 2.25. The molecule has 0 saturated carbocycles. The van der Waals surface area contributed by atoms with E-state index in [1.807, 2.05) is 13.0 Å². The zero-order chi connectivity index (χ0) is 21.8. The first-order valence-corrected chi connectivity index (χ1v) is 11.6. The van der Waals surface area contributed by atoms with Gasteiger partial charge >= 0.3 is 0 Å². The molecule has 0 radical (unpaired) electrons. The summed E-state index contributed by atoms with van der Waals surface area (Å²) in [6.45, 7) is 4.78. The Balaban J connectivity index is 1.48. The maximum absolute atomic E-state index is 12.6. The van der Waals surface area contributed by atoms with Crippen molar-refractivity contribution in [3.8, 4) is 0 Å². The SMILES string of the molecule is Cc1nc(Nc2ccc(NS(=O)(=O)c3ccccc3Cl)cc2)cc(N2CCOCC2)n1. The van der Waals surface area contributed by atoms with Gasteiger partial charge in [0, 0.05) is 30.5 Å². The molecule has 3 aromatic rings. The van der Waals surface area contributed by atoms with Crippen molar-refractivity contribution < 1.29 is 13.2 Å². The summed E-state index contributed by atoms with van der Waals surface area (Å²) in [5, 5.41) is 3.42. The fraction of sp³-hybridized carbons (Fsp3) is 0.238. The van der Waals surface area contributed by atoms with Gasteiger partial charge in [0.25, 0.3) is 10.0 Å². The summed E-state index contributed by atoms with van der Waals surface area (Å²) in [7, 11) is -3.78. The van der Waals surface area contributed by atoms with Crippen molar-refractivity contribution in [3.63, 3.8) is 0 Å². The van der Waals surface area contributed by atoms with Gasteiger partial charge in [-0.1, -0.05) is 23.7 Å². The second-order valence-corrected chi connectivity index (χ2v) is 9.05. The minimum Gasteiger partial charge on any atom is -0.378 e. The van der Waals surface area contributed by atoms with Crippen molar-refractivity contribution in [3.05, 3.63) is 65.4 Å². The number of rotatable bonds is 6. The summed E-state index contributed by atoms with van der Waals surface area (Å²) in [6, 6.07) is 15.1. The van der Waals surface area contributed by atoms with Crippen LogP contribution in [-0.4, -0.2) is 44.7 Å². The number of aryl methyl sites for hydroxylation is 1. The van der Waals surface area contributed by atoms with Crippen LogP contribution in [0.25, 0.3) is 0 Å². The normalized spacial score (nSPS) is 14.3. The molecule has 31 heavy (non-hydrogen) atoms. The van der Waals surface area contributed by atoms with Crippen LogP contribution in [0.1, 0.15) is 5.82 Å². The molecule has 0 spiro atoms. The molecule has 162 valence electrons. The minimum absolute atomic E-state index is 0.0333. The highest BCUT2D eigenvalue weighted by atomic mass is 35.5. The van der Waals surface area contributed by atoms with E-state index in [-0.39, 0.29) is 9.92 Å². The number of benzene rings is 2. The number of anilines is 4. The number of morpholine rings is 1. The van der Waals surface area contributed by atoms with Crippen LogP contribution in [0.4, 0.5) is 23.0 Å². The maximum atomic E-state index is 12.6. The molecule has 0 amide bonds. The van der Waals surface area contributed by atoms with Crippen LogP contribution in [0.2, 0.25) is 5.02 Å². The number of aromatic nitrogens is 2. The lowest BCUT2D eigenvalue weighted by Crippen LogP contribution is -2.36. The molecule has 2 N–H and O–H groups in total. The molecule has 1 aliphatic heterocycles. The standard InChI is InChI=1S/C21H22ClN5O3S/c1-15-23-20(14-21(24-15)27-10-12-30-13-11-27)25-16-6-8-17(9-7-16)26-31(28,29)19-5-3-2-4-18(19)22/h2-9,14,26H,10-13H2,1H3,(H,23,24,25). The maximum Gasteiger partial charge on any atom is 0.263 e. The summed E-state index contributed by atoms with van der Waals surface area (Å²) in [5.41, 5.74) is 1.20. The van der Waals surface area contributed by atoms with Gasteiger partial charge in [0.2, 0.25) is 0 Å². The summed E-state index contributed by atoms with van der Waals surface area (Å²) in [6.07, 6.45) is 0. The highest BCUT2D eigenvalue weighted by Gasteiger charge is 2.17. The largest absolute Gasteiger partial charge is 0.378 e. The third-order valence-electron chi connectivity index (χ3n) is 4.70. The first kappa shape index (κ1) is 21.4. The zero-order valence-electron chi connectivity index (χ0n) is 16.9. The number of sulfonamides is 1. The molecular formula is C21H22ClN5O3S. The van der Waals surface area contributed by atoms with Crippen LogP contribution >= 0.6 is 11.6 Å². The van der Waals surface area contributed by atoms with Crippen LogP contribution in [0, 0.1) is 6.92 Å². The molecule has 2 aromatic carbocycles. The van der Waals surface area contributed by atoms with Crippen molar-refractivity contribution in [2.24, 2.45) is 0 Å². The number of ether oxygens (including phenoxy) is 1. The first-order valence-electron chi connectivity index (χ1n) is 9.73. The minimum atomic E-state index is -3.78. The quantitative estimate of drug-likeness (QED) is 0.578. The van der Waals surface area contributed by atoms with Gasteiger partial charge in [-0.2, -0.15) is 0 Å². The van der Waals surface area contributed by atoms with Gasteiger partial charge < -0.3 is 15.0 Å². The topological polar surface area (TPSA) is 96.5 Å². The third-order valence-corrected chi connectivity index (χ3v) is 6.58. The average molecular weight is 460 g/mol. The van der Waals surface area contributed by atoms with Gasteiger partial charge in [-0.25, -0.2) is 18.4 Å². The van der Waals surface area contributed by atoms with Crippen LogP contribution in [-0.2, 0) is 14.8 Å². The van der Waals surface area contributed by atoms with Gasteiger partial charge in [0.05, 0.1) is 18.2 Å². The van der Waals surface area contributed by atoms with E-state index in [0.717, 1.165) is 24.6 Å². The molecule has 0 bridgehead atoms. The van der Waals surface area contributed by atoms with Crippen molar-refractivity contribution in [1.29, 1.82) is 0 Å². The Labute approximate surface area is 186 Å². The second kappa shape index (κ2) is 9.09. The van der Waals surface area contributed by atoms with E-state index in [9.17, 15) is 8.42 Å². The van der Waals surface area contributed by atoms with Crippen molar-refractivity contribution >= 4 is 44.6 Å². The molecule has 10 heteroatoms. The molecular weight excluding hydrogens is 438 g/mol. The summed E-state index contributed by atoms with van der Waals surface area (Å²) in [5.74, 6) is 2.18. The van der Waals surface area contributed by atoms with Gasteiger partial charge in [0.15, 0.2) is 0 Å². The lowest BCUT2D eigenvalue weighted by molar-refractivity contribution is 0.122. The Kier molecular flexibility index (Phi) is 6.26. The second-order valence-electron chi connectivity index (χ2n) is 7.00. The number of nitrogens with one attached hydrogen (secondary N) is 2. The Morgan fingerprint density at radius 1 is 1.00 bits per heavy atom. The predicted molar refractivity (Wildman–Crippen MR) is 122 cm³/mol. The lowest BCUT2D eigenvalue weighted by atomic mass is 10.3. The van der Waals surface area contributed by atoms with E-state index in [2.05, 4.69) is 24.9 Å². The molecule has 1 saturated heterocycles. The monoisotopic (exact) mass is 459 g/mol. The van der Waals surface area contributed by atoms with Gasteiger partial charge in [-0.15, -0.1) is 0 Å². The van der Waals surface area contributed by atoms with E-state index in [0.29, 0.717) is 30.5 Å². The summed E-state index contributed by atoms with van der Waals surface area (Å²) in [4.78, 5) is 11.2. The third kappa shape index (κ3) is 5.25. The van der Waals surface area contributed by atoms with Gasteiger partial charge in [0.1, 0.15) is 22.4 Å². The van der Waals surface area contributed by atoms with E-state index in [4.69, 9.17) is 16.3 Å². The van der Waals surface area contributed by atoms with Gasteiger partial charge in [-0.3, -0.25) is 4.72 Å². The summed E-state index contributed by atoms with van der Waals surface area (Å²) < 4.78 is 33.1. The molecule has 0 atom stereocenters. The Morgan fingerprint density at radius 3 is 2.39 bits per heavy atom. The lowest BCUT2D eigenvalue weighted by Gasteiger charge is -2.28.